The molecule has 0 N–H and O–H groups in total. The highest BCUT2D eigenvalue weighted by Gasteiger charge is 2.25. The first-order chi connectivity index (χ1) is 24.0. The molecule has 8 nitrogen and oxygen atoms in total. The number of benzene rings is 3. The molecule has 258 valence electrons. The fourth-order valence-electron chi connectivity index (χ4n) is 6.44. The fourth-order valence-corrected chi connectivity index (χ4v) is 7.12. The van der Waals surface area contributed by atoms with Gasteiger partial charge in [0.25, 0.3) is 5.91 Å². The summed E-state index contributed by atoms with van der Waals surface area (Å²) in [6.45, 7) is 7.27. The number of fused-ring (bicyclic) bond motifs is 1. The van der Waals surface area contributed by atoms with Crippen LogP contribution in [-0.2, 0) is 20.8 Å². The summed E-state index contributed by atoms with van der Waals surface area (Å²) in [6, 6.07) is 23.6. The van der Waals surface area contributed by atoms with Crippen LogP contribution < -0.4 is 14.5 Å². The van der Waals surface area contributed by atoms with Crippen LogP contribution in [0.2, 0.25) is 0 Å². The monoisotopic (exact) mass is 680 g/mol. The van der Waals surface area contributed by atoms with Crippen LogP contribution in [0.15, 0.2) is 83.9 Å². The van der Waals surface area contributed by atoms with Gasteiger partial charge < -0.3 is 24.0 Å². The van der Waals surface area contributed by atoms with Crippen molar-refractivity contribution in [2.45, 2.75) is 51.6 Å². The average molecular weight is 681 g/mol. The summed E-state index contributed by atoms with van der Waals surface area (Å²) >= 11 is 1.61. The second kappa shape index (κ2) is 17.1. The number of rotatable bonds is 14. The summed E-state index contributed by atoms with van der Waals surface area (Å²) in [4.78, 5) is 25.1. The lowest BCUT2D eigenvalue weighted by molar-refractivity contribution is -0.114. The van der Waals surface area contributed by atoms with Gasteiger partial charge in [0.1, 0.15) is 12.4 Å². The van der Waals surface area contributed by atoms with Crippen LogP contribution in [0.4, 0.5) is 16.5 Å². The molecular weight excluding hydrogens is 633 g/mol. The number of carbonyl (C=O) groups excluding carboxylic acids is 1. The third-order valence-electron chi connectivity index (χ3n) is 9.38. The van der Waals surface area contributed by atoms with E-state index in [1.807, 2.05) is 30.8 Å². The van der Waals surface area contributed by atoms with E-state index in [2.05, 4.69) is 89.4 Å². The Morgan fingerprint density at radius 3 is 2.49 bits per heavy atom. The smallest absolute Gasteiger partial charge is 0.254 e. The fraction of sp³-hybridized carbons (Fsp3) is 0.400. The first kappa shape index (κ1) is 34.8. The van der Waals surface area contributed by atoms with Gasteiger partial charge in [0.2, 0.25) is 0 Å². The Morgan fingerprint density at radius 2 is 1.76 bits per heavy atom. The minimum absolute atomic E-state index is 0.00425. The quantitative estimate of drug-likeness (QED) is 0.124. The SMILES string of the molecule is CCCCOCCOc1ccc(-c2ccc3c(c2)C=C(C(=O)N(C)c2ccc(CN(C)C4CCOCC4)cc2)CCN3c2nccs2)cc1. The van der Waals surface area contributed by atoms with Gasteiger partial charge in [-0.05, 0) is 97.5 Å². The highest BCUT2D eigenvalue weighted by molar-refractivity contribution is 7.13. The Morgan fingerprint density at radius 1 is 0.980 bits per heavy atom. The zero-order valence-electron chi connectivity index (χ0n) is 29.0. The predicted molar refractivity (Wildman–Crippen MR) is 200 cm³/mol. The highest BCUT2D eigenvalue weighted by atomic mass is 32.1. The number of hydrogen-bond donors (Lipinski definition) is 0. The van der Waals surface area contributed by atoms with Crippen LogP contribution in [-0.4, -0.2) is 75.5 Å². The van der Waals surface area contributed by atoms with Crippen molar-refractivity contribution in [3.05, 3.63) is 95.0 Å². The molecule has 0 atom stereocenters. The van der Waals surface area contributed by atoms with E-state index in [0.717, 1.165) is 96.6 Å². The van der Waals surface area contributed by atoms with Crippen LogP contribution in [0, 0.1) is 0 Å². The number of thiazole rings is 1. The Bertz CT molecular complexity index is 1670. The average Bonchev–Trinajstić information content (AvgIpc) is 3.61. The van der Waals surface area contributed by atoms with Gasteiger partial charge in [-0.1, -0.05) is 43.7 Å². The number of aromatic nitrogens is 1. The molecule has 2 aliphatic heterocycles. The summed E-state index contributed by atoms with van der Waals surface area (Å²) < 4.78 is 17.0. The van der Waals surface area contributed by atoms with E-state index in [0.29, 0.717) is 32.2 Å². The van der Waals surface area contributed by atoms with Crippen LogP contribution in [0.1, 0.15) is 50.2 Å². The highest BCUT2D eigenvalue weighted by Crippen LogP contribution is 2.38. The number of nitrogens with zero attached hydrogens (tertiary/aromatic N) is 4. The number of carbonyl (C=O) groups is 1. The van der Waals surface area contributed by atoms with Gasteiger partial charge in [-0.15, -0.1) is 11.3 Å². The van der Waals surface area contributed by atoms with Crippen LogP contribution in [0.5, 0.6) is 5.75 Å². The Hall–Kier alpha value is -4.02. The molecular formula is C40H48N4O4S. The van der Waals surface area contributed by atoms with Crippen LogP contribution in [0.3, 0.4) is 0 Å². The molecule has 9 heteroatoms. The molecule has 3 heterocycles. The van der Waals surface area contributed by atoms with Crippen molar-refractivity contribution in [3.63, 3.8) is 0 Å². The van der Waals surface area contributed by atoms with E-state index < -0.39 is 0 Å². The Kier molecular flexibility index (Phi) is 12.1. The normalized spacial score (nSPS) is 15.1. The lowest BCUT2D eigenvalue weighted by Crippen LogP contribution is -2.36. The Labute approximate surface area is 294 Å². The van der Waals surface area contributed by atoms with Gasteiger partial charge in [0.05, 0.1) is 12.3 Å². The van der Waals surface area contributed by atoms with Crippen molar-refractivity contribution in [2.24, 2.45) is 0 Å². The zero-order valence-corrected chi connectivity index (χ0v) is 29.8. The lowest BCUT2D eigenvalue weighted by atomic mass is 10.00. The second-order valence-corrected chi connectivity index (χ2v) is 13.7. The number of hydrogen-bond acceptors (Lipinski definition) is 8. The summed E-state index contributed by atoms with van der Waals surface area (Å²) in [5, 5.41) is 2.92. The standard InChI is InChI=1S/C40H48N4O4S/c1-4-5-21-46-24-25-48-37-13-8-31(9-14-37)32-10-15-38-34(27-32)28-33(16-20-44(38)40-41-19-26-49-40)39(45)43(3)36-11-6-30(7-12-36)29-42(2)35-17-22-47-23-18-35/h6-15,19,26-28,35H,4-5,16-18,20-25,29H2,1-3H3. The van der Waals surface area contributed by atoms with E-state index in [1.165, 1.54) is 5.56 Å². The molecule has 0 unspecified atom stereocenters. The number of likely N-dealkylation sites (N-methyl/N-ethyl adjacent to an activating group) is 1. The van der Waals surface area contributed by atoms with Crippen molar-refractivity contribution < 1.29 is 19.0 Å². The van der Waals surface area contributed by atoms with Crippen molar-refractivity contribution in [3.8, 4) is 16.9 Å². The molecule has 2 aliphatic rings. The summed E-state index contributed by atoms with van der Waals surface area (Å²) in [5.74, 6) is 0.826. The maximum atomic E-state index is 14.1. The second-order valence-electron chi connectivity index (χ2n) is 12.8. The molecule has 1 saturated heterocycles. The molecule has 0 saturated carbocycles. The van der Waals surface area contributed by atoms with E-state index in [-0.39, 0.29) is 5.91 Å². The summed E-state index contributed by atoms with van der Waals surface area (Å²) in [6.07, 6.45) is 8.85. The lowest BCUT2D eigenvalue weighted by Gasteiger charge is -2.31. The maximum Gasteiger partial charge on any atom is 0.254 e. The minimum Gasteiger partial charge on any atom is -0.491 e. The molecule has 0 radical (unpaired) electrons. The maximum absolute atomic E-state index is 14.1. The molecule has 6 rings (SSSR count). The Balaban J connectivity index is 1.18. The van der Waals surface area contributed by atoms with E-state index in [1.54, 1.807) is 16.2 Å². The molecule has 0 bridgehead atoms. The van der Waals surface area contributed by atoms with E-state index in [4.69, 9.17) is 14.2 Å². The molecule has 3 aromatic carbocycles. The van der Waals surface area contributed by atoms with Crippen molar-refractivity contribution in [2.75, 3.05) is 63.5 Å². The molecule has 4 aromatic rings. The van der Waals surface area contributed by atoms with Gasteiger partial charge in [-0.2, -0.15) is 0 Å². The van der Waals surface area contributed by atoms with Crippen LogP contribution in [0.25, 0.3) is 17.2 Å². The number of ether oxygens (including phenoxy) is 3. The van der Waals surface area contributed by atoms with Gasteiger partial charge in [0.15, 0.2) is 5.13 Å². The number of unbranched alkanes of at least 4 members (excludes halogenated alkanes) is 1. The molecule has 0 aliphatic carbocycles. The molecule has 49 heavy (non-hydrogen) atoms. The first-order valence-corrected chi connectivity index (χ1v) is 18.4. The zero-order chi connectivity index (χ0) is 34.0. The van der Waals surface area contributed by atoms with Gasteiger partial charge >= 0.3 is 0 Å². The third-order valence-corrected chi connectivity index (χ3v) is 10.2. The largest absolute Gasteiger partial charge is 0.491 e. The molecule has 1 amide bonds. The number of amides is 1. The topological polar surface area (TPSA) is 67.4 Å². The van der Waals surface area contributed by atoms with Crippen molar-refractivity contribution in [1.82, 2.24) is 9.88 Å². The van der Waals surface area contributed by atoms with Gasteiger partial charge in [-0.3, -0.25) is 9.69 Å². The van der Waals surface area contributed by atoms with Crippen LogP contribution >= 0.6 is 11.3 Å². The molecule has 1 fully saturated rings. The van der Waals surface area contributed by atoms with Crippen molar-refractivity contribution >= 4 is 39.8 Å². The van der Waals surface area contributed by atoms with E-state index >= 15 is 0 Å². The molecule has 1 aromatic heterocycles. The van der Waals surface area contributed by atoms with Crippen molar-refractivity contribution in [1.29, 1.82) is 0 Å². The predicted octanol–water partition coefficient (Wildman–Crippen LogP) is 8.20. The third kappa shape index (κ3) is 8.97. The van der Waals surface area contributed by atoms with E-state index in [9.17, 15) is 4.79 Å². The molecule has 0 spiro atoms. The minimum atomic E-state index is 0.00425. The summed E-state index contributed by atoms with van der Waals surface area (Å²) in [5.41, 5.74) is 7.10. The number of anilines is 3. The van der Waals surface area contributed by atoms with Gasteiger partial charge in [-0.25, -0.2) is 4.98 Å². The first-order valence-electron chi connectivity index (χ1n) is 17.5. The summed E-state index contributed by atoms with van der Waals surface area (Å²) in [7, 11) is 4.06. The van der Waals surface area contributed by atoms with Gasteiger partial charge in [0, 0.05) is 68.8 Å².